The molecule has 0 atom stereocenters. The third-order valence-corrected chi connectivity index (χ3v) is 4.35. The molecule has 1 amide bonds. The molecule has 1 aliphatic carbocycles. The molecule has 0 aromatic heterocycles. The van der Waals surface area contributed by atoms with E-state index in [0.717, 1.165) is 50.1 Å². The first kappa shape index (κ1) is 17.8. The molecule has 1 aromatic carbocycles. The summed E-state index contributed by atoms with van der Waals surface area (Å²) in [6.07, 6.45) is 4.66. The Morgan fingerprint density at radius 1 is 1.22 bits per heavy atom. The van der Waals surface area contributed by atoms with Crippen molar-refractivity contribution < 1.29 is 14.3 Å². The smallest absolute Gasteiger partial charge is 0.256 e. The highest BCUT2D eigenvalue weighted by atomic mass is 16.5. The number of rotatable bonds is 8. The third-order valence-electron chi connectivity index (χ3n) is 4.35. The van der Waals surface area contributed by atoms with Crippen LogP contribution in [0.3, 0.4) is 0 Å². The van der Waals surface area contributed by atoms with Crippen LogP contribution in [0, 0.1) is 0 Å². The second-order valence-corrected chi connectivity index (χ2v) is 6.39. The molecule has 0 aliphatic heterocycles. The lowest BCUT2D eigenvalue weighted by atomic mass is 10.0. The SMILES string of the molecule is COC1(C(=O)Nc2ccc(OCCCN(C)C)cc2)CCCC1. The quantitative estimate of drug-likeness (QED) is 0.748. The zero-order valence-corrected chi connectivity index (χ0v) is 14.4. The Labute approximate surface area is 139 Å². The minimum absolute atomic E-state index is 0.0443. The molecule has 5 nitrogen and oxygen atoms in total. The lowest BCUT2D eigenvalue weighted by Crippen LogP contribution is -2.42. The standard InChI is InChI=1S/C18H28N2O3/c1-20(2)13-6-14-23-16-9-7-15(8-10-16)19-17(21)18(22-3)11-4-5-12-18/h7-10H,4-6,11-14H2,1-3H3,(H,19,21). The second-order valence-electron chi connectivity index (χ2n) is 6.39. The fourth-order valence-corrected chi connectivity index (χ4v) is 2.92. The first-order chi connectivity index (χ1) is 11.1. The van der Waals surface area contributed by atoms with Crippen LogP contribution < -0.4 is 10.1 Å². The van der Waals surface area contributed by atoms with Crippen LogP contribution in [-0.4, -0.2) is 50.8 Å². The van der Waals surface area contributed by atoms with E-state index < -0.39 is 5.60 Å². The van der Waals surface area contributed by atoms with Gasteiger partial charge in [0.25, 0.3) is 5.91 Å². The van der Waals surface area contributed by atoms with Gasteiger partial charge in [0.1, 0.15) is 11.4 Å². The Hall–Kier alpha value is -1.59. The Kier molecular flexibility index (Phi) is 6.42. The number of methoxy groups -OCH3 is 1. The monoisotopic (exact) mass is 320 g/mol. The first-order valence-corrected chi connectivity index (χ1v) is 8.30. The first-order valence-electron chi connectivity index (χ1n) is 8.30. The zero-order chi connectivity index (χ0) is 16.7. The van der Waals surface area contributed by atoms with E-state index in [1.165, 1.54) is 0 Å². The van der Waals surface area contributed by atoms with Crippen LogP contribution in [0.1, 0.15) is 32.1 Å². The molecule has 0 spiro atoms. The molecule has 2 rings (SSSR count). The van der Waals surface area contributed by atoms with Crippen LogP contribution >= 0.6 is 0 Å². The van der Waals surface area contributed by atoms with Gasteiger partial charge in [-0.05, 0) is 70.5 Å². The van der Waals surface area contributed by atoms with Crippen molar-refractivity contribution in [3.05, 3.63) is 24.3 Å². The van der Waals surface area contributed by atoms with E-state index in [1.54, 1.807) is 7.11 Å². The van der Waals surface area contributed by atoms with Crippen molar-refractivity contribution in [1.29, 1.82) is 0 Å². The summed E-state index contributed by atoms with van der Waals surface area (Å²) in [5, 5.41) is 2.96. The maximum absolute atomic E-state index is 12.5. The van der Waals surface area contributed by atoms with Gasteiger partial charge in [-0.15, -0.1) is 0 Å². The minimum atomic E-state index is -0.651. The van der Waals surface area contributed by atoms with Crippen LogP contribution in [0.2, 0.25) is 0 Å². The third kappa shape index (κ3) is 4.94. The number of nitrogens with zero attached hydrogens (tertiary/aromatic N) is 1. The Morgan fingerprint density at radius 2 is 1.87 bits per heavy atom. The molecule has 23 heavy (non-hydrogen) atoms. The van der Waals surface area contributed by atoms with E-state index in [-0.39, 0.29) is 5.91 Å². The fraction of sp³-hybridized carbons (Fsp3) is 0.611. The number of benzene rings is 1. The average molecular weight is 320 g/mol. The van der Waals surface area contributed by atoms with Gasteiger partial charge in [0.15, 0.2) is 0 Å². The van der Waals surface area contributed by atoms with Crippen LogP contribution in [0.25, 0.3) is 0 Å². The summed E-state index contributed by atoms with van der Waals surface area (Å²) in [5.74, 6) is 0.779. The maximum Gasteiger partial charge on any atom is 0.256 e. The number of hydrogen-bond acceptors (Lipinski definition) is 4. The largest absolute Gasteiger partial charge is 0.494 e. The van der Waals surface area contributed by atoms with Crippen molar-refractivity contribution in [3.8, 4) is 5.75 Å². The molecular weight excluding hydrogens is 292 g/mol. The highest BCUT2D eigenvalue weighted by molar-refractivity contribution is 5.97. The lowest BCUT2D eigenvalue weighted by molar-refractivity contribution is -0.136. The van der Waals surface area contributed by atoms with Crippen molar-refractivity contribution in [1.82, 2.24) is 4.90 Å². The summed E-state index contributed by atoms with van der Waals surface area (Å²) in [5.41, 5.74) is 0.125. The summed E-state index contributed by atoms with van der Waals surface area (Å²) < 4.78 is 11.2. The molecule has 1 saturated carbocycles. The van der Waals surface area contributed by atoms with Crippen LogP contribution in [0.15, 0.2) is 24.3 Å². The molecule has 0 heterocycles. The van der Waals surface area contributed by atoms with Gasteiger partial charge in [0.05, 0.1) is 6.61 Å². The maximum atomic E-state index is 12.5. The Balaban J connectivity index is 1.83. The van der Waals surface area contributed by atoms with Crippen molar-refractivity contribution in [2.45, 2.75) is 37.7 Å². The number of nitrogens with one attached hydrogen (secondary N) is 1. The number of ether oxygens (including phenoxy) is 2. The normalized spacial score (nSPS) is 16.5. The van der Waals surface area contributed by atoms with E-state index in [4.69, 9.17) is 9.47 Å². The average Bonchev–Trinajstić information content (AvgIpc) is 3.03. The number of hydrogen-bond donors (Lipinski definition) is 1. The molecule has 0 unspecified atom stereocenters. The number of carbonyl (C=O) groups excluding carboxylic acids is 1. The van der Waals surface area contributed by atoms with Gasteiger partial charge in [-0.3, -0.25) is 4.79 Å². The van der Waals surface area contributed by atoms with E-state index in [9.17, 15) is 4.79 Å². The minimum Gasteiger partial charge on any atom is -0.494 e. The van der Waals surface area contributed by atoms with Gasteiger partial charge >= 0.3 is 0 Å². The molecule has 0 saturated heterocycles. The van der Waals surface area contributed by atoms with Gasteiger partial charge in [-0.25, -0.2) is 0 Å². The van der Waals surface area contributed by atoms with Gasteiger partial charge in [0, 0.05) is 19.3 Å². The summed E-state index contributed by atoms with van der Waals surface area (Å²) in [7, 11) is 5.72. The van der Waals surface area contributed by atoms with Crippen molar-refractivity contribution in [2.24, 2.45) is 0 Å². The van der Waals surface area contributed by atoms with Crippen LogP contribution in [0.5, 0.6) is 5.75 Å². The Morgan fingerprint density at radius 3 is 2.43 bits per heavy atom. The van der Waals surface area contributed by atoms with E-state index in [2.05, 4.69) is 24.3 Å². The van der Waals surface area contributed by atoms with Gasteiger partial charge < -0.3 is 19.7 Å². The highest BCUT2D eigenvalue weighted by Crippen LogP contribution is 2.33. The predicted molar refractivity (Wildman–Crippen MR) is 91.9 cm³/mol. The second kappa shape index (κ2) is 8.31. The molecule has 5 heteroatoms. The summed E-state index contributed by atoms with van der Waals surface area (Å²) >= 11 is 0. The van der Waals surface area contributed by atoms with E-state index in [1.807, 2.05) is 24.3 Å². The van der Waals surface area contributed by atoms with E-state index >= 15 is 0 Å². The van der Waals surface area contributed by atoms with Gasteiger partial charge in [0.2, 0.25) is 0 Å². The topological polar surface area (TPSA) is 50.8 Å². The molecule has 1 aromatic rings. The number of anilines is 1. The molecule has 1 aliphatic rings. The number of carbonyl (C=O) groups is 1. The Bertz CT molecular complexity index is 493. The van der Waals surface area contributed by atoms with E-state index in [0.29, 0.717) is 6.61 Å². The predicted octanol–water partition coefficient (Wildman–Crippen LogP) is 2.91. The summed E-state index contributed by atoms with van der Waals surface area (Å²) in [4.78, 5) is 14.6. The molecule has 1 N–H and O–H groups in total. The summed E-state index contributed by atoms with van der Waals surface area (Å²) in [6, 6.07) is 7.52. The fourth-order valence-electron chi connectivity index (χ4n) is 2.92. The van der Waals surface area contributed by atoms with Crippen LogP contribution in [-0.2, 0) is 9.53 Å². The molecule has 1 fully saturated rings. The molecular formula is C18H28N2O3. The molecule has 0 bridgehead atoms. The summed E-state index contributed by atoms with van der Waals surface area (Å²) in [6.45, 7) is 1.70. The van der Waals surface area contributed by atoms with Crippen molar-refractivity contribution in [2.75, 3.05) is 39.7 Å². The van der Waals surface area contributed by atoms with Crippen molar-refractivity contribution >= 4 is 11.6 Å². The van der Waals surface area contributed by atoms with Gasteiger partial charge in [-0.1, -0.05) is 0 Å². The van der Waals surface area contributed by atoms with Crippen LogP contribution in [0.4, 0.5) is 5.69 Å². The number of amides is 1. The molecule has 128 valence electrons. The highest BCUT2D eigenvalue weighted by Gasteiger charge is 2.41. The molecule has 0 radical (unpaired) electrons. The van der Waals surface area contributed by atoms with Crippen molar-refractivity contribution in [3.63, 3.8) is 0 Å². The zero-order valence-electron chi connectivity index (χ0n) is 14.4. The van der Waals surface area contributed by atoms with Gasteiger partial charge in [-0.2, -0.15) is 0 Å². The lowest BCUT2D eigenvalue weighted by Gasteiger charge is -2.25.